The maximum Gasteiger partial charge on any atom is 0.120 e. The lowest BCUT2D eigenvalue weighted by Crippen LogP contribution is -2.23. The van der Waals surface area contributed by atoms with E-state index in [0.717, 1.165) is 43.1 Å². The van der Waals surface area contributed by atoms with Crippen LogP contribution in [0.25, 0.3) is 0 Å². The molecule has 0 radical (unpaired) electrons. The van der Waals surface area contributed by atoms with Crippen molar-refractivity contribution in [3.8, 4) is 0 Å². The highest BCUT2D eigenvalue weighted by Gasteiger charge is 2.21. The predicted molar refractivity (Wildman–Crippen MR) is 79.1 cm³/mol. The molecule has 0 spiro atoms. The van der Waals surface area contributed by atoms with E-state index in [1.54, 1.807) is 0 Å². The van der Waals surface area contributed by atoms with Gasteiger partial charge < -0.3 is 9.73 Å². The molecule has 0 aromatic carbocycles. The quantitative estimate of drug-likeness (QED) is 0.781. The Hall–Kier alpha value is -0.800. The predicted octanol–water partition coefficient (Wildman–Crippen LogP) is 3.32. The third kappa shape index (κ3) is 4.66. The fourth-order valence-corrected chi connectivity index (χ4v) is 2.36. The van der Waals surface area contributed by atoms with Crippen LogP contribution in [0.2, 0.25) is 0 Å². The third-order valence-electron chi connectivity index (χ3n) is 3.95. The Morgan fingerprint density at radius 1 is 1.47 bits per heavy atom. The second kappa shape index (κ2) is 6.58. The molecule has 1 N–H and O–H groups in total. The molecular formula is C16H28N2O. The zero-order valence-electron chi connectivity index (χ0n) is 12.8. The van der Waals surface area contributed by atoms with E-state index in [1.165, 1.54) is 24.8 Å². The molecule has 1 aliphatic carbocycles. The Bertz CT molecular complexity index is 395. The van der Waals surface area contributed by atoms with Crippen LogP contribution in [0, 0.1) is 12.8 Å². The van der Waals surface area contributed by atoms with Crippen molar-refractivity contribution in [1.29, 1.82) is 0 Å². The number of aryl methyl sites for hydroxylation is 1. The van der Waals surface area contributed by atoms with Gasteiger partial charge in [0, 0.05) is 12.6 Å². The van der Waals surface area contributed by atoms with Gasteiger partial charge in [0.05, 0.1) is 13.1 Å². The van der Waals surface area contributed by atoms with Gasteiger partial charge in [0.2, 0.25) is 0 Å². The highest BCUT2D eigenvalue weighted by Crippen LogP contribution is 2.21. The fourth-order valence-electron chi connectivity index (χ4n) is 2.36. The van der Waals surface area contributed by atoms with E-state index in [-0.39, 0.29) is 0 Å². The molecular weight excluding hydrogens is 236 g/mol. The first-order chi connectivity index (χ1) is 9.08. The molecule has 1 aliphatic rings. The smallest absolute Gasteiger partial charge is 0.120 e. The van der Waals surface area contributed by atoms with Crippen molar-refractivity contribution in [2.45, 2.75) is 59.2 Å². The number of nitrogens with zero attached hydrogens (tertiary/aromatic N) is 1. The molecule has 1 heterocycles. The molecule has 1 aromatic rings. The average molecular weight is 264 g/mol. The zero-order chi connectivity index (χ0) is 13.8. The van der Waals surface area contributed by atoms with Crippen molar-refractivity contribution in [2.75, 3.05) is 13.6 Å². The van der Waals surface area contributed by atoms with E-state index < -0.39 is 0 Å². The lowest BCUT2D eigenvalue weighted by molar-refractivity contribution is 0.251. The molecule has 1 fully saturated rings. The summed E-state index contributed by atoms with van der Waals surface area (Å²) in [5.74, 6) is 2.95. The lowest BCUT2D eigenvalue weighted by Gasteiger charge is -2.19. The van der Waals surface area contributed by atoms with E-state index in [1.807, 2.05) is 0 Å². The number of furan rings is 1. The summed E-state index contributed by atoms with van der Waals surface area (Å²) in [5.41, 5.74) is 1.28. The minimum Gasteiger partial charge on any atom is -0.463 e. The first kappa shape index (κ1) is 14.6. The number of hydrogen-bond acceptors (Lipinski definition) is 3. The molecule has 19 heavy (non-hydrogen) atoms. The summed E-state index contributed by atoms with van der Waals surface area (Å²) in [5, 5.41) is 3.51. The topological polar surface area (TPSA) is 28.4 Å². The van der Waals surface area contributed by atoms with Crippen LogP contribution in [-0.2, 0) is 13.1 Å². The summed E-state index contributed by atoms with van der Waals surface area (Å²) in [6, 6.07) is 2.93. The number of rotatable bonds is 8. The molecule has 0 aliphatic heterocycles. The van der Waals surface area contributed by atoms with Crippen molar-refractivity contribution in [3.05, 3.63) is 23.2 Å². The molecule has 2 rings (SSSR count). The monoisotopic (exact) mass is 264 g/mol. The van der Waals surface area contributed by atoms with Gasteiger partial charge in [0.1, 0.15) is 11.5 Å². The van der Waals surface area contributed by atoms with E-state index in [2.05, 4.69) is 44.1 Å². The molecule has 108 valence electrons. The largest absolute Gasteiger partial charge is 0.463 e. The maximum absolute atomic E-state index is 5.97. The summed E-state index contributed by atoms with van der Waals surface area (Å²) >= 11 is 0. The van der Waals surface area contributed by atoms with E-state index in [4.69, 9.17) is 4.42 Å². The van der Waals surface area contributed by atoms with Crippen LogP contribution in [0.15, 0.2) is 10.5 Å². The van der Waals surface area contributed by atoms with E-state index in [9.17, 15) is 0 Å². The molecule has 1 aromatic heterocycles. The zero-order valence-corrected chi connectivity index (χ0v) is 12.8. The molecule has 1 unspecified atom stereocenters. The Labute approximate surface area is 117 Å². The van der Waals surface area contributed by atoms with Gasteiger partial charge in [-0.05, 0) is 44.4 Å². The third-order valence-corrected chi connectivity index (χ3v) is 3.95. The summed E-state index contributed by atoms with van der Waals surface area (Å²) < 4.78 is 5.97. The van der Waals surface area contributed by atoms with Crippen LogP contribution < -0.4 is 5.32 Å². The summed E-state index contributed by atoms with van der Waals surface area (Å²) in [6.45, 7) is 9.61. The minimum absolute atomic E-state index is 0.737. The highest BCUT2D eigenvalue weighted by atomic mass is 16.3. The Balaban J connectivity index is 1.83. The normalized spacial score (nSPS) is 17.1. The first-order valence-electron chi connectivity index (χ1n) is 7.58. The molecule has 0 amide bonds. The minimum atomic E-state index is 0.737. The van der Waals surface area contributed by atoms with Gasteiger partial charge in [-0.3, -0.25) is 4.90 Å². The molecule has 3 nitrogen and oxygen atoms in total. The van der Waals surface area contributed by atoms with Crippen LogP contribution in [0.4, 0.5) is 0 Å². The summed E-state index contributed by atoms with van der Waals surface area (Å²) in [7, 11) is 2.17. The van der Waals surface area contributed by atoms with Crippen molar-refractivity contribution in [1.82, 2.24) is 10.2 Å². The van der Waals surface area contributed by atoms with E-state index >= 15 is 0 Å². The SMILES string of the molecule is CCC(C)CN(C)Cc1cc(C)c(CNC2CC2)o1. The summed E-state index contributed by atoms with van der Waals surface area (Å²) in [6.07, 6.45) is 3.88. The number of nitrogens with one attached hydrogen (secondary N) is 1. The molecule has 3 heteroatoms. The standard InChI is InChI=1S/C16H28N2O/c1-5-12(2)10-18(4)11-15-8-13(3)16(19-15)9-17-14-6-7-14/h8,12,14,17H,5-7,9-11H2,1-4H3. The van der Waals surface area contributed by atoms with Crippen LogP contribution in [-0.4, -0.2) is 24.5 Å². The van der Waals surface area contributed by atoms with Gasteiger partial charge in [0.25, 0.3) is 0 Å². The first-order valence-corrected chi connectivity index (χ1v) is 7.58. The number of hydrogen-bond donors (Lipinski definition) is 1. The second-order valence-electron chi connectivity index (χ2n) is 6.18. The Kier molecular flexibility index (Phi) is 5.06. The van der Waals surface area contributed by atoms with Gasteiger partial charge in [-0.2, -0.15) is 0 Å². The van der Waals surface area contributed by atoms with Crippen molar-refractivity contribution in [2.24, 2.45) is 5.92 Å². The Morgan fingerprint density at radius 2 is 2.21 bits per heavy atom. The van der Waals surface area contributed by atoms with Crippen molar-refractivity contribution < 1.29 is 4.42 Å². The van der Waals surface area contributed by atoms with Crippen LogP contribution in [0.5, 0.6) is 0 Å². The van der Waals surface area contributed by atoms with Crippen LogP contribution >= 0.6 is 0 Å². The van der Waals surface area contributed by atoms with Gasteiger partial charge in [-0.1, -0.05) is 20.3 Å². The molecule has 1 atom stereocenters. The Morgan fingerprint density at radius 3 is 2.84 bits per heavy atom. The molecule has 0 saturated heterocycles. The van der Waals surface area contributed by atoms with Crippen LogP contribution in [0.1, 0.15) is 50.2 Å². The van der Waals surface area contributed by atoms with Crippen LogP contribution in [0.3, 0.4) is 0 Å². The fraction of sp³-hybridized carbons (Fsp3) is 0.750. The van der Waals surface area contributed by atoms with Gasteiger partial charge in [0.15, 0.2) is 0 Å². The highest BCUT2D eigenvalue weighted by molar-refractivity contribution is 5.20. The van der Waals surface area contributed by atoms with Crippen molar-refractivity contribution >= 4 is 0 Å². The molecule has 0 bridgehead atoms. The van der Waals surface area contributed by atoms with Gasteiger partial charge >= 0.3 is 0 Å². The van der Waals surface area contributed by atoms with E-state index in [0.29, 0.717) is 0 Å². The van der Waals surface area contributed by atoms with Crippen molar-refractivity contribution in [3.63, 3.8) is 0 Å². The molecule has 1 saturated carbocycles. The van der Waals surface area contributed by atoms with Gasteiger partial charge in [-0.15, -0.1) is 0 Å². The average Bonchev–Trinajstić information content (AvgIpc) is 3.12. The van der Waals surface area contributed by atoms with Gasteiger partial charge in [-0.25, -0.2) is 0 Å². The maximum atomic E-state index is 5.97. The summed E-state index contributed by atoms with van der Waals surface area (Å²) in [4.78, 5) is 2.35. The second-order valence-corrected chi connectivity index (χ2v) is 6.18. The lowest BCUT2D eigenvalue weighted by atomic mass is 10.1.